The van der Waals surface area contributed by atoms with Crippen LogP contribution in [0.3, 0.4) is 0 Å². The highest BCUT2D eigenvalue weighted by Gasteiger charge is 2.36. The second kappa shape index (κ2) is 9.90. The van der Waals surface area contributed by atoms with Crippen molar-refractivity contribution in [3.8, 4) is 16.9 Å². The molecule has 4 rings (SSSR count). The summed E-state index contributed by atoms with van der Waals surface area (Å²) in [6, 6.07) is 9.37. The van der Waals surface area contributed by atoms with Crippen molar-refractivity contribution in [1.29, 1.82) is 0 Å². The number of rotatable bonds is 4. The largest absolute Gasteiger partial charge is 0.433 e. The first-order valence-electron chi connectivity index (χ1n) is 9.85. The molecule has 0 unspecified atom stereocenters. The molecule has 0 aliphatic rings. The highest BCUT2D eigenvalue weighted by molar-refractivity contribution is 6.03. The normalized spacial score (nSPS) is 10.8. The van der Waals surface area contributed by atoms with Crippen LogP contribution in [0.2, 0.25) is 0 Å². The minimum atomic E-state index is -4.65. The topological polar surface area (TPSA) is 106 Å². The first-order valence-corrected chi connectivity index (χ1v) is 9.85. The third-order valence-electron chi connectivity index (χ3n) is 4.24. The highest BCUT2D eigenvalue weighted by Crippen LogP contribution is 2.33. The molecular formula is C22H19F3N6O2. The zero-order chi connectivity index (χ0) is 24.0. The van der Waals surface area contributed by atoms with Gasteiger partial charge in [0.1, 0.15) is 11.5 Å². The van der Waals surface area contributed by atoms with Crippen LogP contribution >= 0.6 is 0 Å². The first kappa shape index (κ1) is 23.4. The van der Waals surface area contributed by atoms with Gasteiger partial charge >= 0.3 is 6.18 Å². The molecule has 0 fully saturated rings. The van der Waals surface area contributed by atoms with Crippen molar-refractivity contribution in [1.82, 2.24) is 24.7 Å². The molecule has 0 saturated carbocycles. The Morgan fingerprint density at radius 2 is 1.88 bits per heavy atom. The maximum absolute atomic E-state index is 13.6. The van der Waals surface area contributed by atoms with Gasteiger partial charge in [-0.15, -0.1) is 0 Å². The zero-order valence-electron chi connectivity index (χ0n) is 17.6. The number of carbonyl (C=O) groups excluding carboxylic acids is 1. The second-order valence-corrected chi connectivity index (χ2v) is 6.36. The van der Waals surface area contributed by atoms with Gasteiger partial charge in [-0.3, -0.25) is 14.6 Å². The van der Waals surface area contributed by atoms with Crippen molar-refractivity contribution in [2.75, 3.05) is 5.32 Å². The van der Waals surface area contributed by atoms with E-state index in [0.717, 1.165) is 16.9 Å². The summed E-state index contributed by atoms with van der Waals surface area (Å²) in [6.45, 7) is 4.00. The van der Waals surface area contributed by atoms with Gasteiger partial charge in [-0.25, -0.2) is 9.67 Å². The molecule has 33 heavy (non-hydrogen) atoms. The fraction of sp³-hybridized carbons (Fsp3) is 0.136. The molecule has 0 atom stereocenters. The predicted molar refractivity (Wildman–Crippen MR) is 116 cm³/mol. The van der Waals surface area contributed by atoms with Gasteiger partial charge in [0.15, 0.2) is 0 Å². The monoisotopic (exact) mass is 456 g/mol. The lowest BCUT2D eigenvalue weighted by molar-refractivity contribution is -0.142. The van der Waals surface area contributed by atoms with Crippen LogP contribution in [-0.2, 0) is 6.18 Å². The fourth-order valence-corrected chi connectivity index (χ4v) is 2.76. The van der Waals surface area contributed by atoms with Crippen LogP contribution in [0.4, 0.5) is 19.0 Å². The van der Waals surface area contributed by atoms with Crippen LogP contribution in [0.15, 0.2) is 72.0 Å². The molecule has 8 nitrogen and oxygen atoms in total. The van der Waals surface area contributed by atoms with Gasteiger partial charge in [-0.05, 0) is 36.4 Å². The van der Waals surface area contributed by atoms with Crippen molar-refractivity contribution in [2.24, 2.45) is 0 Å². The van der Waals surface area contributed by atoms with Crippen LogP contribution in [0.1, 0.15) is 29.9 Å². The summed E-state index contributed by atoms with van der Waals surface area (Å²) in [7, 11) is 0. The summed E-state index contributed by atoms with van der Waals surface area (Å²) >= 11 is 0. The maximum Gasteiger partial charge on any atom is 0.433 e. The Balaban J connectivity index is 0.00000149. The summed E-state index contributed by atoms with van der Waals surface area (Å²) in [5, 5.41) is 6.56. The molecule has 0 bridgehead atoms. The van der Waals surface area contributed by atoms with Crippen molar-refractivity contribution < 1.29 is 18.0 Å². The summed E-state index contributed by atoms with van der Waals surface area (Å²) < 4.78 is 41.4. The number of anilines is 1. The zero-order valence-corrected chi connectivity index (χ0v) is 17.6. The molecule has 4 aromatic heterocycles. The molecule has 0 radical (unpaired) electrons. The van der Waals surface area contributed by atoms with E-state index in [-0.39, 0.29) is 28.3 Å². The Hall–Kier alpha value is -4.28. The number of aromatic nitrogens is 5. The van der Waals surface area contributed by atoms with E-state index in [9.17, 15) is 22.8 Å². The molecule has 0 aromatic carbocycles. The molecule has 2 N–H and O–H groups in total. The van der Waals surface area contributed by atoms with Gasteiger partial charge in [0, 0.05) is 30.2 Å². The molecular weight excluding hydrogens is 437 g/mol. The third kappa shape index (κ3) is 5.50. The van der Waals surface area contributed by atoms with E-state index in [1.807, 2.05) is 13.8 Å². The van der Waals surface area contributed by atoms with Crippen molar-refractivity contribution >= 4 is 11.7 Å². The summed E-state index contributed by atoms with van der Waals surface area (Å²) in [5.74, 6) is -0.418. The van der Waals surface area contributed by atoms with Crippen LogP contribution < -0.4 is 10.9 Å². The van der Waals surface area contributed by atoms with Gasteiger partial charge < -0.3 is 10.3 Å². The van der Waals surface area contributed by atoms with E-state index in [2.05, 4.69) is 25.4 Å². The number of amides is 1. The van der Waals surface area contributed by atoms with E-state index in [1.165, 1.54) is 42.9 Å². The van der Waals surface area contributed by atoms with Gasteiger partial charge in [0.2, 0.25) is 5.56 Å². The van der Waals surface area contributed by atoms with Gasteiger partial charge in [-0.1, -0.05) is 13.8 Å². The Kier molecular flexibility index (Phi) is 7.01. The van der Waals surface area contributed by atoms with Crippen LogP contribution in [-0.4, -0.2) is 30.6 Å². The number of hydrogen-bond acceptors (Lipinski definition) is 5. The molecule has 11 heteroatoms. The van der Waals surface area contributed by atoms with E-state index >= 15 is 0 Å². The van der Waals surface area contributed by atoms with Crippen molar-refractivity contribution in [3.63, 3.8) is 0 Å². The minimum absolute atomic E-state index is 0.0597. The second-order valence-electron chi connectivity index (χ2n) is 6.36. The number of nitrogens with one attached hydrogen (secondary N) is 2. The van der Waals surface area contributed by atoms with E-state index < -0.39 is 17.8 Å². The molecule has 0 aliphatic heterocycles. The standard InChI is InChI=1S/C20H13F3N6O2.C2H6/c21-20(22,23)16-8-15(12-2-1-7-24-9-12)28-29(16)14-4-5-17(25-11-14)27-19(31)13-3-6-18(30)26-10-13;1-2/h1-11H,(H,26,30)(H,25,27,31);1-2H3. The highest BCUT2D eigenvalue weighted by atomic mass is 19.4. The van der Waals surface area contributed by atoms with E-state index in [1.54, 1.807) is 12.1 Å². The quantitative estimate of drug-likeness (QED) is 0.476. The molecule has 4 heterocycles. The lowest BCUT2D eigenvalue weighted by Gasteiger charge is -2.10. The fourth-order valence-electron chi connectivity index (χ4n) is 2.76. The van der Waals surface area contributed by atoms with Crippen LogP contribution in [0.5, 0.6) is 0 Å². The maximum atomic E-state index is 13.6. The molecule has 4 aromatic rings. The number of halogens is 3. The number of pyridine rings is 3. The molecule has 0 aliphatic carbocycles. The third-order valence-corrected chi connectivity index (χ3v) is 4.24. The lowest BCUT2D eigenvalue weighted by atomic mass is 10.2. The number of H-pyrrole nitrogens is 1. The van der Waals surface area contributed by atoms with Crippen molar-refractivity contribution in [3.05, 3.63) is 88.9 Å². The predicted octanol–water partition coefficient (Wildman–Crippen LogP) is 4.31. The molecule has 170 valence electrons. The summed E-state index contributed by atoms with van der Waals surface area (Å²) in [5.41, 5.74) is -0.537. The van der Waals surface area contributed by atoms with Gasteiger partial charge in [-0.2, -0.15) is 18.3 Å². The Morgan fingerprint density at radius 3 is 2.45 bits per heavy atom. The SMILES string of the molecule is CC.O=C(Nc1ccc(-n2nc(-c3cccnc3)cc2C(F)(F)F)cn1)c1ccc(=O)[nH]c1. The number of hydrogen-bond donors (Lipinski definition) is 2. The Labute approximate surface area is 186 Å². The number of nitrogens with zero attached hydrogens (tertiary/aromatic N) is 4. The van der Waals surface area contributed by atoms with Gasteiger partial charge in [0.05, 0.1) is 23.1 Å². The Bertz CT molecular complexity index is 1260. The summed E-state index contributed by atoms with van der Waals surface area (Å²) in [6.07, 6.45) is 0.684. The molecule has 0 spiro atoms. The van der Waals surface area contributed by atoms with Crippen molar-refractivity contribution in [2.45, 2.75) is 20.0 Å². The lowest BCUT2D eigenvalue weighted by Crippen LogP contribution is -2.16. The average Bonchev–Trinajstić information content (AvgIpc) is 3.28. The summed E-state index contributed by atoms with van der Waals surface area (Å²) in [4.78, 5) is 33.5. The molecule has 0 saturated heterocycles. The number of alkyl halides is 3. The number of aromatic amines is 1. The first-order chi connectivity index (χ1) is 15.8. The minimum Gasteiger partial charge on any atom is -0.328 e. The average molecular weight is 456 g/mol. The van der Waals surface area contributed by atoms with Crippen LogP contribution in [0, 0.1) is 0 Å². The van der Waals surface area contributed by atoms with Crippen LogP contribution in [0.25, 0.3) is 16.9 Å². The molecule has 1 amide bonds. The van der Waals surface area contributed by atoms with Gasteiger partial charge in [0.25, 0.3) is 5.91 Å². The number of carbonyl (C=O) groups is 1. The van der Waals surface area contributed by atoms with E-state index in [4.69, 9.17) is 0 Å². The Morgan fingerprint density at radius 1 is 1.09 bits per heavy atom. The smallest absolute Gasteiger partial charge is 0.328 e. The van der Waals surface area contributed by atoms with E-state index in [0.29, 0.717) is 5.56 Å².